The Bertz CT molecular complexity index is 347. The van der Waals surface area contributed by atoms with Crippen molar-refractivity contribution in [3.63, 3.8) is 0 Å². The lowest BCUT2D eigenvalue weighted by molar-refractivity contribution is 0.316. The second-order valence-electron chi connectivity index (χ2n) is 4.17. The standard InChI is InChI=1S/C14H22FNOS/c1-3-5-16-11-12-8-13(15)10-14(9-12)17-6-4-7-18-2/h8-10,16H,3-7,11H2,1-2H3. The summed E-state index contributed by atoms with van der Waals surface area (Å²) in [6.07, 6.45) is 4.13. The van der Waals surface area contributed by atoms with E-state index in [1.165, 1.54) is 6.07 Å². The van der Waals surface area contributed by atoms with Gasteiger partial charge >= 0.3 is 0 Å². The maximum Gasteiger partial charge on any atom is 0.127 e. The lowest BCUT2D eigenvalue weighted by atomic mass is 10.2. The average Bonchev–Trinajstić information content (AvgIpc) is 2.34. The molecule has 0 bridgehead atoms. The number of ether oxygens (including phenoxy) is 1. The predicted octanol–water partition coefficient (Wildman–Crippen LogP) is 3.46. The van der Waals surface area contributed by atoms with Gasteiger partial charge in [-0.25, -0.2) is 4.39 Å². The molecule has 0 amide bonds. The first-order chi connectivity index (χ1) is 8.76. The van der Waals surface area contributed by atoms with Gasteiger partial charge in [0.05, 0.1) is 6.61 Å². The Morgan fingerprint density at radius 1 is 1.33 bits per heavy atom. The largest absolute Gasteiger partial charge is 0.493 e. The summed E-state index contributed by atoms with van der Waals surface area (Å²) in [7, 11) is 0. The Balaban J connectivity index is 2.46. The van der Waals surface area contributed by atoms with Crippen molar-refractivity contribution >= 4 is 11.8 Å². The summed E-state index contributed by atoms with van der Waals surface area (Å²) in [4.78, 5) is 0. The van der Waals surface area contributed by atoms with E-state index in [1.807, 2.05) is 6.07 Å². The van der Waals surface area contributed by atoms with E-state index in [9.17, 15) is 4.39 Å². The molecule has 0 heterocycles. The van der Waals surface area contributed by atoms with Gasteiger partial charge in [-0.15, -0.1) is 0 Å². The minimum atomic E-state index is -0.231. The van der Waals surface area contributed by atoms with Crippen molar-refractivity contribution in [3.8, 4) is 5.75 Å². The van der Waals surface area contributed by atoms with Crippen molar-refractivity contribution in [2.75, 3.05) is 25.2 Å². The number of halogens is 1. The molecular weight excluding hydrogens is 249 g/mol. The molecule has 4 heteroatoms. The Kier molecular flexibility index (Phi) is 7.85. The first-order valence-corrected chi connectivity index (χ1v) is 7.77. The normalized spacial score (nSPS) is 10.6. The van der Waals surface area contributed by atoms with E-state index in [0.717, 1.165) is 30.7 Å². The van der Waals surface area contributed by atoms with Crippen LogP contribution in [0.15, 0.2) is 18.2 Å². The van der Waals surface area contributed by atoms with E-state index in [1.54, 1.807) is 17.8 Å². The summed E-state index contributed by atoms with van der Waals surface area (Å²) in [5.41, 5.74) is 0.934. The van der Waals surface area contributed by atoms with Crippen LogP contribution in [0.3, 0.4) is 0 Å². The monoisotopic (exact) mass is 271 g/mol. The molecular formula is C14H22FNOS. The second-order valence-corrected chi connectivity index (χ2v) is 5.15. The molecule has 1 aromatic rings. The highest BCUT2D eigenvalue weighted by molar-refractivity contribution is 7.98. The average molecular weight is 271 g/mol. The molecule has 0 aliphatic rings. The Morgan fingerprint density at radius 2 is 2.17 bits per heavy atom. The van der Waals surface area contributed by atoms with Crippen molar-refractivity contribution < 1.29 is 9.13 Å². The van der Waals surface area contributed by atoms with Crippen LogP contribution in [0.5, 0.6) is 5.75 Å². The molecule has 0 atom stereocenters. The molecule has 102 valence electrons. The number of nitrogens with one attached hydrogen (secondary N) is 1. The van der Waals surface area contributed by atoms with Crippen LogP contribution >= 0.6 is 11.8 Å². The first kappa shape index (κ1) is 15.3. The van der Waals surface area contributed by atoms with E-state index >= 15 is 0 Å². The molecule has 1 N–H and O–H groups in total. The van der Waals surface area contributed by atoms with Crippen LogP contribution in [0.2, 0.25) is 0 Å². The highest BCUT2D eigenvalue weighted by atomic mass is 32.2. The molecule has 18 heavy (non-hydrogen) atoms. The Hall–Kier alpha value is -0.740. The number of hydrogen-bond acceptors (Lipinski definition) is 3. The van der Waals surface area contributed by atoms with Gasteiger partial charge in [-0.1, -0.05) is 6.92 Å². The van der Waals surface area contributed by atoms with Crippen LogP contribution in [-0.2, 0) is 6.54 Å². The maximum atomic E-state index is 13.4. The van der Waals surface area contributed by atoms with Crippen molar-refractivity contribution in [2.45, 2.75) is 26.3 Å². The van der Waals surface area contributed by atoms with E-state index in [4.69, 9.17) is 4.74 Å². The van der Waals surface area contributed by atoms with E-state index in [0.29, 0.717) is 18.9 Å². The van der Waals surface area contributed by atoms with Gasteiger partial charge in [0.2, 0.25) is 0 Å². The van der Waals surface area contributed by atoms with Crippen molar-refractivity contribution in [1.82, 2.24) is 5.32 Å². The SMILES string of the molecule is CCCNCc1cc(F)cc(OCCCSC)c1. The van der Waals surface area contributed by atoms with Crippen LogP contribution in [0, 0.1) is 5.82 Å². The van der Waals surface area contributed by atoms with Gasteiger partial charge in [0, 0.05) is 12.6 Å². The highest BCUT2D eigenvalue weighted by Gasteiger charge is 2.02. The van der Waals surface area contributed by atoms with E-state index < -0.39 is 0 Å². The van der Waals surface area contributed by atoms with Gasteiger partial charge in [0.1, 0.15) is 11.6 Å². The third-order valence-electron chi connectivity index (χ3n) is 2.45. The summed E-state index contributed by atoms with van der Waals surface area (Å²) in [5, 5.41) is 3.26. The van der Waals surface area contributed by atoms with E-state index in [2.05, 4.69) is 18.5 Å². The summed E-state index contributed by atoms with van der Waals surface area (Å²) >= 11 is 1.79. The zero-order chi connectivity index (χ0) is 13.2. The minimum Gasteiger partial charge on any atom is -0.493 e. The van der Waals surface area contributed by atoms with Crippen LogP contribution in [0.4, 0.5) is 4.39 Å². The van der Waals surface area contributed by atoms with Gasteiger partial charge < -0.3 is 10.1 Å². The third-order valence-corrected chi connectivity index (χ3v) is 3.15. The number of rotatable bonds is 9. The molecule has 0 aliphatic carbocycles. The first-order valence-electron chi connectivity index (χ1n) is 6.38. The quantitative estimate of drug-likeness (QED) is 0.695. The van der Waals surface area contributed by atoms with Crippen molar-refractivity contribution in [3.05, 3.63) is 29.6 Å². The van der Waals surface area contributed by atoms with Crippen LogP contribution in [0.1, 0.15) is 25.3 Å². The zero-order valence-corrected chi connectivity index (χ0v) is 12.0. The molecule has 1 aromatic carbocycles. The summed E-state index contributed by atoms with van der Waals surface area (Å²) in [6.45, 7) is 4.39. The predicted molar refractivity (Wildman–Crippen MR) is 76.9 cm³/mol. The van der Waals surface area contributed by atoms with Gasteiger partial charge in [-0.05, 0) is 49.1 Å². The molecule has 0 saturated heterocycles. The van der Waals surface area contributed by atoms with E-state index in [-0.39, 0.29) is 5.82 Å². The Labute approximate surface area is 113 Å². The molecule has 0 fully saturated rings. The molecule has 0 spiro atoms. The summed E-state index contributed by atoms with van der Waals surface area (Å²) in [6, 6.07) is 4.91. The molecule has 0 saturated carbocycles. The molecule has 0 unspecified atom stereocenters. The fourth-order valence-electron chi connectivity index (χ4n) is 1.61. The van der Waals surface area contributed by atoms with Gasteiger partial charge in [-0.3, -0.25) is 0 Å². The third kappa shape index (κ3) is 6.26. The molecule has 2 nitrogen and oxygen atoms in total. The second kappa shape index (κ2) is 9.22. The number of benzene rings is 1. The van der Waals surface area contributed by atoms with Crippen molar-refractivity contribution in [2.24, 2.45) is 0 Å². The zero-order valence-electron chi connectivity index (χ0n) is 11.2. The molecule has 0 radical (unpaired) electrons. The number of thioether (sulfide) groups is 1. The molecule has 1 rings (SSSR count). The van der Waals surface area contributed by atoms with Crippen molar-refractivity contribution in [1.29, 1.82) is 0 Å². The van der Waals surface area contributed by atoms with Crippen LogP contribution in [-0.4, -0.2) is 25.2 Å². The molecule has 0 aromatic heterocycles. The minimum absolute atomic E-state index is 0.231. The fourth-order valence-corrected chi connectivity index (χ4v) is 2.02. The lowest BCUT2D eigenvalue weighted by Gasteiger charge is -2.09. The highest BCUT2D eigenvalue weighted by Crippen LogP contribution is 2.17. The topological polar surface area (TPSA) is 21.3 Å². The number of hydrogen-bond donors (Lipinski definition) is 1. The fraction of sp³-hybridized carbons (Fsp3) is 0.571. The van der Waals surface area contributed by atoms with Gasteiger partial charge in [-0.2, -0.15) is 11.8 Å². The van der Waals surface area contributed by atoms with Crippen LogP contribution in [0.25, 0.3) is 0 Å². The lowest BCUT2D eigenvalue weighted by Crippen LogP contribution is -2.14. The van der Waals surface area contributed by atoms with Gasteiger partial charge in [0.15, 0.2) is 0 Å². The van der Waals surface area contributed by atoms with Crippen LogP contribution < -0.4 is 10.1 Å². The van der Waals surface area contributed by atoms with Gasteiger partial charge in [0.25, 0.3) is 0 Å². The Morgan fingerprint density at radius 3 is 2.89 bits per heavy atom. The molecule has 0 aliphatic heterocycles. The summed E-state index contributed by atoms with van der Waals surface area (Å²) in [5.74, 6) is 1.47. The maximum absolute atomic E-state index is 13.4. The smallest absolute Gasteiger partial charge is 0.127 e. The summed E-state index contributed by atoms with van der Waals surface area (Å²) < 4.78 is 19.0.